The number of nitrogens with zero attached hydrogens (tertiary/aromatic N) is 4. The fourth-order valence-corrected chi connectivity index (χ4v) is 2.14. The summed E-state index contributed by atoms with van der Waals surface area (Å²) in [6, 6.07) is 0. The van der Waals surface area contributed by atoms with Crippen LogP contribution in [0.25, 0.3) is 11.2 Å². The Bertz CT molecular complexity index is 476. The van der Waals surface area contributed by atoms with Crippen molar-refractivity contribution >= 4 is 11.2 Å². The van der Waals surface area contributed by atoms with Crippen molar-refractivity contribution in [2.75, 3.05) is 13.2 Å². The van der Waals surface area contributed by atoms with Crippen LogP contribution in [-0.4, -0.2) is 33.0 Å². The lowest BCUT2D eigenvalue weighted by Gasteiger charge is -2.21. The van der Waals surface area contributed by atoms with Crippen molar-refractivity contribution in [3.63, 3.8) is 0 Å². The van der Waals surface area contributed by atoms with Crippen LogP contribution >= 0.6 is 0 Å². The van der Waals surface area contributed by atoms with Crippen LogP contribution in [0.1, 0.15) is 12.8 Å². The lowest BCUT2D eigenvalue weighted by Crippen LogP contribution is -2.22. The normalized spacial score (nSPS) is 21.4. The molecule has 0 aromatic carbocycles. The van der Waals surface area contributed by atoms with E-state index in [-0.39, 0.29) is 0 Å². The van der Waals surface area contributed by atoms with E-state index in [9.17, 15) is 0 Å². The molecule has 2 aromatic heterocycles. The van der Waals surface area contributed by atoms with Gasteiger partial charge in [0, 0.05) is 31.5 Å². The Morgan fingerprint density at radius 2 is 2.31 bits per heavy atom. The minimum absolute atomic E-state index is 0.554. The van der Waals surface area contributed by atoms with E-state index in [1.807, 2.05) is 4.68 Å². The van der Waals surface area contributed by atoms with Gasteiger partial charge in [0.2, 0.25) is 0 Å². The summed E-state index contributed by atoms with van der Waals surface area (Å²) in [4.78, 5) is 8.52. The molecule has 0 bridgehead atoms. The van der Waals surface area contributed by atoms with Crippen molar-refractivity contribution in [2.45, 2.75) is 19.4 Å². The molecule has 2 aromatic rings. The van der Waals surface area contributed by atoms with Crippen LogP contribution in [0.2, 0.25) is 0 Å². The Kier molecular flexibility index (Phi) is 2.53. The van der Waals surface area contributed by atoms with Crippen molar-refractivity contribution < 1.29 is 4.74 Å². The molecular weight excluding hydrogens is 204 g/mol. The summed E-state index contributed by atoms with van der Waals surface area (Å²) in [5, 5.41) is 4.33. The van der Waals surface area contributed by atoms with Crippen LogP contribution in [0, 0.1) is 5.92 Å². The van der Waals surface area contributed by atoms with Crippen LogP contribution in [0.15, 0.2) is 18.6 Å². The Balaban J connectivity index is 1.83. The first kappa shape index (κ1) is 9.72. The first-order valence-electron chi connectivity index (χ1n) is 5.64. The SMILES string of the molecule is c1cnc2c(cnn2CC2CCCOC2)n1. The Morgan fingerprint density at radius 3 is 3.19 bits per heavy atom. The quantitative estimate of drug-likeness (QED) is 0.761. The van der Waals surface area contributed by atoms with Crippen LogP contribution < -0.4 is 0 Å². The topological polar surface area (TPSA) is 52.8 Å². The summed E-state index contributed by atoms with van der Waals surface area (Å²) >= 11 is 0. The molecule has 5 nitrogen and oxygen atoms in total. The largest absolute Gasteiger partial charge is 0.381 e. The molecule has 1 fully saturated rings. The molecule has 1 unspecified atom stereocenters. The van der Waals surface area contributed by atoms with Crippen molar-refractivity contribution in [3.8, 4) is 0 Å². The second-order valence-corrected chi connectivity index (χ2v) is 4.18. The predicted molar refractivity (Wildman–Crippen MR) is 58.9 cm³/mol. The molecule has 1 saturated heterocycles. The van der Waals surface area contributed by atoms with Crippen LogP contribution in [0.5, 0.6) is 0 Å². The molecule has 3 heterocycles. The highest BCUT2D eigenvalue weighted by molar-refractivity contribution is 5.68. The monoisotopic (exact) mass is 218 g/mol. The smallest absolute Gasteiger partial charge is 0.176 e. The van der Waals surface area contributed by atoms with E-state index in [1.54, 1.807) is 18.6 Å². The molecule has 0 spiro atoms. The lowest BCUT2D eigenvalue weighted by molar-refractivity contribution is 0.0474. The standard InChI is InChI=1S/C11H14N4O/c1-2-9(8-16-5-1)7-15-11-10(6-14-15)12-3-4-13-11/h3-4,6,9H,1-2,5,7-8H2. The highest BCUT2D eigenvalue weighted by atomic mass is 16.5. The maximum absolute atomic E-state index is 5.47. The zero-order valence-electron chi connectivity index (χ0n) is 9.04. The molecule has 1 aliphatic rings. The first-order chi connectivity index (χ1) is 7.93. The number of aromatic nitrogens is 4. The van der Waals surface area contributed by atoms with Gasteiger partial charge in [-0.3, -0.25) is 0 Å². The van der Waals surface area contributed by atoms with Crippen molar-refractivity contribution in [1.29, 1.82) is 0 Å². The zero-order valence-corrected chi connectivity index (χ0v) is 9.04. The summed E-state index contributed by atoms with van der Waals surface area (Å²) in [5.74, 6) is 0.554. The van der Waals surface area contributed by atoms with Gasteiger partial charge >= 0.3 is 0 Å². The van der Waals surface area contributed by atoms with E-state index in [2.05, 4.69) is 15.1 Å². The average Bonchev–Trinajstić information content (AvgIpc) is 2.74. The van der Waals surface area contributed by atoms with Gasteiger partial charge in [-0.15, -0.1) is 0 Å². The van der Waals surface area contributed by atoms with E-state index in [1.165, 1.54) is 6.42 Å². The third-order valence-corrected chi connectivity index (χ3v) is 2.96. The van der Waals surface area contributed by atoms with Gasteiger partial charge in [0.15, 0.2) is 5.65 Å². The summed E-state index contributed by atoms with van der Waals surface area (Å²) < 4.78 is 7.40. The minimum atomic E-state index is 0.554. The summed E-state index contributed by atoms with van der Waals surface area (Å²) in [6.07, 6.45) is 7.53. The number of fused-ring (bicyclic) bond motifs is 1. The zero-order chi connectivity index (χ0) is 10.8. The fraction of sp³-hybridized carbons (Fsp3) is 0.545. The van der Waals surface area contributed by atoms with E-state index >= 15 is 0 Å². The highest BCUT2D eigenvalue weighted by Gasteiger charge is 2.16. The molecule has 84 valence electrons. The van der Waals surface area contributed by atoms with Crippen LogP contribution in [0.4, 0.5) is 0 Å². The summed E-state index contributed by atoms with van der Waals surface area (Å²) in [5.41, 5.74) is 1.73. The van der Waals surface area contributed by atoms with Gasteiger partial charge in [0.05, 0.1) is 12.8 Å². The highest BCUT2D eigenvalue weighted by Crippen LogP contribution is 2.17. The first-order valence-corrected chi connectivity index (χ1v) is 5.64. The molecular formula is C11H14N4O. The molecule has 1 atom stereocenters. The second kappa shape index (κ2) is 4.17. The fourth-order valence-electron chi connectivity index (χ4n) is 2.14. The van der Waals surface area contributed by atoms with Gasteiger partial charge in [-0.05, 0) is 12.8 Å². The molecule has 3 rings (SSSR count). The van der Waals surface area contributed by atoms with Gasteiger partial charge in [-0.25, -0.2) is 14.6 Å². The Labute approximate surface area is 93.5 Å². The van der Waals surface area contributed by atoms with Gasteiger partial charge < -0.3 is 4.74 Å². The van der Waals surface area contributed by atoms with Crippen molar-refractivity contribution in [1.82, 2.24) is 19.7 Å². The molecule has 0 amide bonds. The molecule has 0 saturated carbocycles. The van der Waals surface area contributed by atoms with Crippen molar-refractivity contribution in [3.05, 3.63) is 18.6 Å². The Morgan fingerprint density at radius 1 is 1.38 bits per heavy atom. The van der Waals surface area contributed by atoms with Gasteiger partial charge in [0.1, 0.15) is 5.52 Å². The molecule has 0 radical (unpaired) electrons. The number of ether oxygens (including phenoxy) is 1. The van der Waals surface area contributed by atoms with E-state index in [4.69, 9.17) is 4.74 Å². The summed E-state index contributed by atoms with van der Waals surface area (Å²) in [6.45, 7) is 2.61. The number of hydrogen-bond donors (Lipinski definition) is 0. The van der Waals surface area contributed by atoms with Gasteiger partial charge in [-0.2, -0.15) is 5.10 Å². The third kappa shape index (κ3) is 1.78. The lowest BCUT2D eigenvalue weighted by atomic mass is 10.0. The molecule has 5 heteroatoms. The molecule has 16 heavy (non-hydrogen) atoms. The van der Waals surface area contributed by atoms with Crippen LogP contribution in [0.3, 0.4) is 0 Å². The third-order valence-electron chi connectivity index (χ3n) is 2.96. The maximum Gasteiger partial charge on any atom is 0.176 e. The minimum Gasteiger partial charge on any atom is -0.381 e. The van der Waals surface area contributed by atoms with Gasteiger partial charge in [0.25, 0.3) is 0 Å². The number of hydrogen-bond acceptors (Lipinski definition) is 4. The molecule has 0 aliphatic carbocycles. The number of rotatable bonds is 2. The summed E-state index contributed by atoms with van der Waals surface area (Å²) in [7, 11) is 0. The second-order valence-electron chi connectivity index (χ2n) is 4.18. The van der Waals surface area contributed by atoms with E-state index < -0.39 is 0 Å². The molecule has 1 aliphatic heterocycles. The van der Waals surface area contributed by atoms with Gasteiger partial charge in [-0.1, -0.05) is 0 Å². The van der Waals surface area contributed by atoms with Crippen LogP contribution in [-0.2, 0) is 11.3 Å². The average molecular weight is 218 g/mol. The molecule has 0 N–H and O–H groups in total. The predicted octanol–water partition coefficient (Wildman–Crippen LogP) is 1.25. The van der Waals surface area contributed by atoms with E-state index in [0.717, 1.165) is 37.3 Å². The van der Waals surface area contributed by atoms with E-state index in [0.29, 0.717) is 5.92 Å². The maximum atomic E-state index is 5.47. The van der Waals surface area contributed by atoms with Crippen molar-refractivity contribution in [2.24, 2.45) is 5.92 Å². The Hall–Kier alpha value is -1.49.